The summed E-state index contributed by atoms with van der Waals surface area (Å²) in [6, 6.07) is 3.60. The van der Waals surface area contributed by atoms with E-state index < -0.39 is 41.3 Å². The van der Waals surface area contributed by atoms with Crippen molar-refractivity contribution >= 4 is 77.5 Å². The van der Waals surface area contributed by atoms with Gasteiger partial charge in [-0.2, -0.15) is 10.2 Å². The van der Waals surface area contributed by atoms with Crippen LogP contribution in [0, 0.1) is 11.6 Å². The number of fused-ring (bicyclic) bond motifs is 2. The van der Waals surface area contributed by atoms with E-state index in [4.69, 9.17) is 14.2 Å². The summed E-state index contributed by atoms with van der Waals surface area (Å²) in [5, 5.41) is 8.91. The second-order valence-electron chi connectivity index (χ2n) is 11.8. The molecule has 12 nitrogen and oxygen atoms in total. The molecule has 16 heteroatoms. The number of hydrogen-bond donors (Lipinski definition) is 0. The van der Waals surface area contributed by atoms with Crippen molar-refractivity contribution in [3.8, 4) is 0 Å². The lowest BCUT2D eigenvalue weighted by atomic mass is 10.0. The van der Waals surface area contributed by atoms with Crippen LogP contribution in [-0.4, -0.2) is 79.7 Å². The van der Waals surface area contributed by atoms with E-state index >= 15 is 0 Å². The molecule has 0 N–H and O–H groups in total. The zero-order valence-electron chi connectivity index (χ0n) is 27.0. The number of Topliss-reactive ketones (excluding diaryl/α,β-unsaturated/α-hetero) is 1. The Bertz CT molecular complexity index is 1840. The van der Waals surface area contributed by atoms with Crippen LogP contribution < -0.4 is 0 Å². The molecule has 2 unspecified atom stereocenters. The van der Waals surface area contributed by atoms with E-state index in [9.17, 15) is 28.0 Å². The van der Waals surface area contributed by atoms with Gasteiger partial charge in [0.05, 0.1) is 41.1 Å². The molecule has 2 aromatic heterocycles. The van der Waals surface area contributed by atoms with Crippen LogP contribution in [0.15, 0.2) is 45.6 Å². The molecule has 0 radical (unpaired) electrons. The Morgan fingerprint density at radius 2 is 1.50 bits per heavy atom. The predicted octanol–water partition coefficient (Wildman–Crippen LogP) is 6.51. The van der Waals surface area contributed by atoms with Crippen molar-refractivity contribution in [2.24, 2.45) is 0 Å². The lowest BCUT2D eigenvalue weighted by Gasteiger charge is -2.29. The molecule has 48 heavy (non-hydrogen) atoms. The third-order valence-electron chi connectivity index (χ3n) is 6.99. The van der Waals surface area contributed by atoms with Crippen LogP contribution in [0.2, 0.25) is 0 Å². The highest BCUT2D eigenvalue weighted by molar-refractivity contribution is 9.10. The van der Waals surface area contributed by atoms with Crippen molar-refractivity contribution in [1.29, 1.82) is 0 Å². The highest BCUT2D eigenvalue weighted by Crippen LogP contribution is 2.29. The Balaban J connectivity index is 0.000000257. The Kier molecular flexibility index (Phi) is 11.9. The fraction of sp³-hybridized carbons (Fsp3) is 0.438. The largest absolute Gasteiger partial charge is 0.465 e. The summed E-state index contributed by atoms with van der Waals surface area (Å²) >= 11 is 6.40. The molecule has 2 atom stereocenters. The average Bonchev–Trinajstić information content (AvgIpc) is 3.71. The molecule has 0 saturated carbocycles. The van der Waals surface area contributed by atoms with E-state index in [1.165, 1.54) is 34.1 Å². The number of esters is 2. The topological polar surface area (TPSA) is 135 Å². The number of nitrogens with zero attached hydrogens (tertiary/aromatic N) is 5. The normalized spacial score (nSPS) is 15.2. The minimum atomic E-state index is -1.45. The standard InChI is InChI=1S/C21H25BrFN3O5.C11H10BrFN2O2/c1-5-30-19(28)17(26-11-13-14(23)9-12(22)10-15(13)24-26)18(27)16-7-6-8-25(16)20(29)31-21(2,3)4;1-2-17-11(16)6-15-5-8-9(13)3-7(12)4-10(8)14-15/h9-11,16-17H,5-8H2,1-4H3;3-5H,2,6H2,1H3. The number of ether oxygens (including phenoxy) is 3. The molecule has 2 aromatic carbocycles. The highest BCUT2D eigenvalue weighted by Gasteiger charge is 2.43. The van der Waals surface area contributed by atoms with Gasteiger partial charge >= 0.3 is 18.0 Å². The molecule has 1 fully saturated rings. The van der Waals surface area contributed by atoms with E-state index in [1.54, 1.807) is 46.8 Å². The fourth-order valence-electron chi connectivity index (χ4n) is 5.08. The van der Waals surface area contributed by atoms with Crippen LogP contribution in [0.3, 0.4) is 0 Å². The Hall–Kier alpha value is -3.92. The van der Waals surface area contributed by atoms with E-state index in [-0.39, 0.29) is 35.8 Å². The number of carbonyl (C=O) groups is 4. The van der Waals surface area contributed by atoms with Gasteiger partial charge in [-0.3, -0.25) is 19.2 Å². The first-order chi connectivity index (χ1) is 22.6. The van der Waals surface area contributed by atoms with Crippen molar-refractivity contribution < 1.29 is 42.2 Å². The average molecular weight is 799 g/mol. The number of likely N-dealkylation sites (tertiary alicyclic amines) is 1. The molecule has 1 saturated heterocycles. The van der Waals surface area contributed by atoms with Crippen molar-refractivity contribution in [2.45, 2.75) is 71.7 Å². The molecule has 4 aromatic rings. The van der Waals surface area contributed by atoms with Crippen molar-refractivity contribution in [3.63, 3.8) is 0 Å². The Morgan fingerprint density at radius 3 is 2.08 bits per heavy atom. The molecule has 3 heterocycles. The minimum absolute atomic E-state index is 0.0143. The second kappa shape index (κ2) is 15.5. The Morgan fingerprint density at radius 1 is 0.917 bits per heavy atom. The monoisotopic (exact) mass is 797 g/mol. The van der Waals surface area contributed by atoms with Gasteiger partial charge in [0, 0.05) is 27.9 Å². The number of ketones is 1. The van der Waals surface area contributed by atoms with Gasteiger partial charge in [-0.05, 0) is 71.7 Å². The molecule has 0 spiro atoms. The maximum absolute atomic E-state index is 14.3. The van der Waals surface area contributed by atoms with Crippen LogP contribution in [0.25, 0.3) is 21.8 Å². The van der Waals surface area contributed by atoms with Gasteiger partial charge in [-0.1, -0.05) is 31.9 Å². The number of benzene rings is 2. The van der Waals surface area contributed by atoms with Gasteiger partial charge < -0.3 is 14.2 Å². The number of aromatic nitrogens is 4. The quantitative estimate of drug-likeness (QED) is 0.111. The SMILES string of the molecule is CCOC(=O)C(C(=O)C1CCCN1C(=O)OC(C)(C)C)n1cc2c(F)cc(Br)cc2n1.CCOC(=O)Cn1cc2c(F)cc(Br)cc2n1. The third kappa shape index (κ3) is 8.95. The number of halogens is 4. The summed E-state index contributed by atoms with van der Waals surface area (Å²) in [6.45, 7) is 9.27. The molecule has 0 aliphatic carbocycles. The molecule has 258 valence electrons. The summed E-state index contributed by atoms with van der Waals surface area (Å²) in [4.78, 5) is 51.4. The first kappa shape index (κ1) is 36.9. The van der Waals surface area contributed by atoms with Crippen molar-refractivity contribution in [2.75, 3.05) is 19.8 Å². The number of rotatable bonds is 8. The van der Waals surface area contributed by atoms with Crippen molar-refractivity contribution in [1.82, 2.24) is 24.5 Å². The maximum atomic E-state index is 14.3. The van der Waals surface area contributed by atoms with Crippen LogP contribution in [0.5, 0.6) is 0 Å². The first-order valence-electron chi connectivity index (χ1n) is 15.1. The van der Waals surface area contributed by atoms with Gasteiger partial charge in [0.2, 0.25) is 6.04 Å². The van der Waals surface area contributed by atoms with Gasteiger partial charge in [0.15, 0.2) is 5.78 Å². The van der Waals surface area contributed by atoms with Crippen LogP contribution in [-0.2, 0) is 35.1 Å². The maximum Gasteiger partial charge on any atom is 0.410 e. The molecule has 1 aliphatic heterocycles. The number of amides is 1. The fourth-order valence-corrected chi connectivity index (χ4v) is 5.91. The zero-order chi connectivity index (χ0) is 35.3. The van der Waals surface area contributed by atoms with E-state index in [0.29, 0.717) is 45.8 Å². The zero-order valence-corrected chi connectivity index (χ0v) is 30.1. The molecule has 1 amide bonds. The summed E-state index contributed by atoms with van der Waals surface area (Å²) in [5.74, 6) is -2.66. The molecular formula is C32H35Br2F2N5O7. The van der Waals surface area contributed by atoms with Crippen LogP contribution in [0.4, 0.5) is 13.6 Å². The van der Waals surface area contributed by atoms with Gasteiger partial charge in [-0.25, -0.2) is 23.1 Å². The van der Waals surface area contributed by atoms with Gasteiger partial charge in [-0.15, -0.1) is 0 Å². The predicted molar refractivity (Wildman–Crippen MR) is 178 cm³/mol. The van der Waals surface area contributed by atoms with E-state index in [0.717, 1.165) is 4.68 Å². The summed E-state index contributed by atoms with van der Waals surface area (Å²) in [7, 11) is 0. The van der Waals surface area contributed by atoms with Gasteiger partial charge in [0.1, 0.15) is 23.8 Å². The third-order valence-corrected chi connectivity index (χ3v) is 7.91. The second-order valence-corrected chi connectivity index (χ2v) is 13.6. The van der Waals surface area contributed by atoms with E-state index in [2.05, 4.69) is 42.1 Å². The van der Waals surface area contributed by atoms with E-state index in [1.807, 2.05) is 0 Å². The lowest BCUT2D eigenvalue weighted by Crippen LogP contribution is -2.47. The molecule has 1 aliphatic rings. The first-order valence-corrected chi connectivity index (χ1v) is 16.7. The minimum Gasteiger partial charge on any atom is -0.465 e. The smallest absolute Gasteiger partial charge is 0.410 e. The Labute approximate surface area is 291 Å². The summed E-state index contributed by atoms with van der Waals surface area (Å²) in [6.07, 6.45) is 3.16. The summed E-state index contributed by atoms with van der Waals surface area (Å²) < 4.78 is 46.8. The molecule has 0 bridgehead atoms. The highest BCUT2D eigenvalue weighted by atomic mass is 79.9. The van der Waals surface area contributed by atoms with Crippen LogP contribution >= 0.6 is 31.9 Å². The molecular weight excluding hydrogens is 764 g/mol. The van der Waals surface area contributed by atoms with Crippen molar-refractivity contribution in [3.05, 3.63) is 57.2 Å². The number of carbonyl (C=O) groups excluding carboxylic acids is 4. The van der Waals surface area contributed by atoms with Crippen LogP contribution in [0.1, 0.15) is 53.5 Å². The lowest BCUT2D eigenvalue weighted by molar-refractivity contribution is -0.152. The summed E-state index contributed by atoms with van der Waals surface area (Å²) in [5.41, 5.74) is 0.0592. The molecule has 5 rings (SSSR count). The number of hydrogen-bond acceptors (Lipinski definition) is 9. The van der Waals surface area contributed by atoms with Gasteiger partial charge in [0.25, 0.3) is 0 Å².